The van der Waals surface area contributed by atoms with Gasteiger partial charge in [0, 0.05) is 19.3 Å². The van der Waals surface area contributed by atoms with E-state index < -0.39 is 6.10 Å². The molecule has 0 aliphatic carbocycles. The fraction of sp³-hybridized carbons (Fsp3) is 0.717. The Morgan fingerprint density at radius 1 is 0.356 bits per heavy atom. The van der Waals surface area contributed by atoms with Crippen molar-refractivity contribution < 1.29 is 28.6 Å². The summed E-state index contributed by atoms with van der Waals surface area (Å²) in [6.07, 6.45) is 58.9. The fourth-order valence-corrected chi connectivity index (χ4v) is 6.53. The Balaban J connectivity index is 4.46. The molecule has 0 aliphatic rings. The minimum Gasteiger partial charge on any atom is -0.462 e. The summed E-state index contributed by atoms with van der Waals surface area (Å²) >= 11 is 0. The quantitative estimate of drug-likeness (QED) is 0.0264. The smallest absolute Gasteiger partial charge is 0.306 e. The van der Waals surface area contributed by atoms with Gasteiger partial charge in [-0.05, 0) is 83.5 Å². The van der Waals surface area contributed by atoms with Gasteiger partial charge in [-0.1, -0.05) is 196 Å². The van der Waals surface area contributed by atoms with Crippen molar-refractivity contribution in [2.45, 2.75) is 232 Å². The lowest BCUT2D eigenvalue weighted by atomic mass is 10.1. The van der Waals surface area contributed by atoms with Crippen molar-refractivity contribution in [3.8, 4) is 0 Å². The number of carbonyl (C=O) groups is 3. The van der Waals surface area contributed by atoms with E-state index in [1.807, 2.05) is 0 Å². The standard InChI is InChI=1S/C53H90O6/c1-4-7-10-13-16-19-22-24-25-26-27-29-32-34-37-40-43-46-52(55)58-49-50(59-53(56)47-44-41-38-35-30-21-18-15-12-9-6-3)48-57-51(54)45-42-39-36-33-31-28-23-20-17-14-11-8-5-2/h7,10,16,19-20,23-25,27,29,34,37,50H,4-6,8-9,11-15,17-18,21-22,26,28,30-33,35-36,38-49H2,1-3H3/b10-7-,19-16-,23-20-,25-24-,29-27-,37-34-/t50-/m0/s1. The van der Waals surface area contributed by atoms with Crippen LogP contribution in [0.15, 0.2) is 72.9 Å². The number of allylic oxidation sites excluding steroid dienone is 12. The first-order chi connectivity index (χ1) is 29.0. The van der Waals surface area contributed by atoms with Crippen LogP contribution in [0.3, 0.4) is 0 Å². The Labute approximate surface area is 363 Å². The monoisotopic (exact) mass is 823 g/mol. The molecule has 6 nitrogen and oxygen atoms in total. The average Bonchev–Trinajstić information content (AvgIpc) is 3.23. The molecule has 0 aliphatic heterocycles. The van der Waals surface area contributed by atoms with Crippen LogP contribution in [0.25, 0.3) is 0 Å². The Morgan fingerprint density at radius 2 is 0.678 bits per heavy atom. The van der Waals surface area contributed by atoms with E-state index in [1.54, 1.807) is 0 Å². The molecule has 0 saturated heterocycles. The summed E-state index contributed by atoms with van der Waals surface area (Å²) < 4.78 is 16.7. The van der Waals surface area contributed by atoms with Crippen LogP contribution in [-0.2, 0) is 28.6 Å². The van der Waals surface area contributed by atoms with Crippen LogP contribution in [0.2, 0.25) is 0 Å². The van der Waals surface area contributed by atoms with Crippen LogP contribution in [0, 0.1) is 0 Å². The number of unbranched alkanes of at least 4 members (excludes halogenated alkanes) is 20. The van der Waals surface area contributed by atoms with Gasteiger partial charge in [-0.25, -0.2) is 0 Å². The summed E-state index contributed by atoms with van der Waals surface area (Å²) in [5.74, 6) is -0.967. The van der Waals surface area contributed by atoms with Crippen molar-refractivity contribution >= 4 is 17.9 Å². The second-order valence-electron chi connectivity index (χ2n) is 16.0. The van der Waals surface area contributed by atoms with Crippen LogP contribution in [0.1, 0.15) is 226 Å². The van der Waals surface area contributed by atoms with Crippen molar-refractivity contribution in [3.63, 3.8) is 0 Å². The first-order valence-electron chi connectivity index (χ1n) is 24.4. The van der Waals surface area contributed by atoms with Gasteiger partial charge < -0.3 is 14.2 Å². The molecule has 0 N–H and O–H groups in total. The maximum atomic E-state index is 12.7. The molecule has 0 saturated carbocycles. The summed E-state index contributed by atoms with van der Waals surface area (Å²) in [4.78, 5) is 37.8. The van der Waals surface area contributed by atoms with Crippen molar-refractivity contribution in [1.82, 2.24) is 0 Å². The summed E-state index contributed by atoms with van der Waals surface area (Å²) in [6, 6.07) is 0. The van der Waals surface area contributed by atoms with Gasteiger partial charge in [0.15, 0.2) is 6.10 Å². The van der Waals surface area contributed by atoms with Gasteiger partial charge in [-0.3, -0.25) is 14.4 Å². The van der Waals surface area contributed by atoms with Gasteiger partial charge in [0.2, 0.25) is 0 Å². The number of esters is 3. The molecule has 0 aromatic heterocycles. The highest BCUT2D eigenvalue weighted by molar-refractivity contribution is 5.71. The maximum Gasteiger partial charge on any atom is 0.306 e. The molecule has 0 bridgehead atoms. The van der Waals surface area contributed by atoms with Gasteiger partial charge >= 0.3 is 17.9 Å². The molecule has 0 spiro atoms. The van der Waals surface area contributed by atoms with Gasteiger partial charge in [0.1, 0.15) is 13.2 Å². The normalized spacial score (nSPS) is 12.7. The summed E-state index contributed by atoms with van der Waals surface area (Å²) in [7, 11) is 0. The lowest BCUT2D eigenvalue weighted by Crippen LogP contribution is -2.30. The SMILES string of the molecule is CC/C=C\C/C=C\C/C=C\C/C=C\C/C=C\CCCC(=O)OC[C@H](COC(=O)CCCCCCC/C=C\CCCCCC)OC(=O)CCCCCCCCCCCCC. The molecular formula is C53H90O6. The van der Waals surface area contributed by atoms with Crippen LogP contribution < -0.4 is 0 Å². The van der Waals surface area contributed by atoms with Crippen molar-refractivity contribution in [2.75, 3.05) is 13.2 Å². The Bertz CT molecular complexity index is 1130. The molecule has 0 radical (unpaired) electrons. The van der Waals surface area contributed by atoms with Gasteiger partial charge in [0.25, 0.3) is 0 Å². The lowest BCUT2D eigenvalue weighted by molar-refractivity contribution is -0.167. The Kier molecular flexibility index (Phi) is 45.0. The molecule has 6 heteroatoms. The summed E-state index contributed by atoms with van der Waals surface area (Å²) in [5, 5.41) is 0. The molecule has 59 heavy (non-hydrogen) atoms. The molecule has 0 aromatic carbocycles. The Hall–Kier alpha value is -3.15. The van der Waals surface area contributed by atoms with Crippen LogP contribution in [0.4, 0.5) is 0 Å². The lowest BCUT2D eigenvalue weighted by Gasteiger charge is -2.18. The molecule has 0 unspecified atom stereocenters. The number of carbonyl (C=O) groups excluding carboxylic acids is 3. The second-order valence-corrected chi connectivity index (χ2v) is 16.0. The van der Waals surface area contributed by atoms with E-state index in [1.165, 1.54) is 96.3 Å². The maximum absolute atomic E-state index is 12.7. The largest absolute Gasteiger partial charge is 0.462 e. The van der Waals surface area contributed by atoms with Crippen LogP contribution >= 0.6 is 0 Å². The zero-order valence-electron chi connectivity index (χ0n) is 38.5. The first kappa shape index (κ1) is 55.9. The molecule has 338 valence electrons. The summed E-state index contributed by atoms with van der Waals surface area (Å²) in [6.45, 7) is 6.44. The molecule has 1 atom stereocenters. The van der Waals surface area contributed by atoms with E-state index in [0.29, 0.717) is 19.3 Å². The van der Waals surface area contributed by atoms with E-state index in [4.69, 9.17) is 14.2 Å². The fourth-order valence-electron chi connectivity index (χ4n) is 6.53. The third-order valence-electron chi connectivity index (χ3n) is 10.2. The highest BCUT2D eigenvalue weighted by Gasteiger charge is 2.19. The van der Waals surface area contributed by atoms with E-state index >= 15 is 0 Å². The predicted molar refractivity (Wildman–Crippen MR) is 251 cm³/mol. The molecule has 0 heterocycles. The van der Waals surface area contributed by atoms with Crippen molar-refractivity contribution in [3.05, 3.63) is 72.9 Å². The second kappa shape index (κ2) is 47.5. The molecule has 0 rings (SSSR count). The minimum absolute atomic E-state index is 0.0963. The van der Waals surface area contributed by atoms with E-state index in [9.17, 15) is 14.4 Å². The molecular weight excluding hydrogens is 733 g/mol. The molecule has 0 aromatic rings. The van der Waals surface area contributed by atoms with E-state index in [-0.39, 0.29) is 37.5 Å². The number of ether oxygens (including phenoxy) is 3. The minimum atomic E-state index is -0.797. The number of hydrogen-bond acceptors (Lipinski definition) is 6. The van der Waals surface area contributed by atoms with Crippen LogP contribution in [-0.4, -0.2) is 37.2 Å². The average molecular weight is 823 g/mol. The highest BCUT2D eigenvalue weighted by atomic mass is 16.6. The number of rotatable bonds is 43. The van der Waals surface area contributed by atoms with Gasteiger partial charge in [0.05, 0.1) is 0 Å². The predicted octanol–water partition coefficient (Wildman–Crippen LogP) is 15.9. The van der Waals surface area contributed by atoms with Gasteiger partial charge in [-0.15, -0.1) is 0 Å². The Morgan fingerprint density at radius 3 is 1.14 bits per heavy atom. The van der Waals surface area contributed by atoms with Crippen molar-refractivity contribution in [1.29, 1.82) is 0 Å². The van der Waals surface area contributed by atoms with Crippen LogP contribution in [0.5, 0.6) is 0 Å². The summed E-state index contributed by atoms with van der Waals surface area (Å²) in [5.41, 5.74) is 0. The van der Waals surface area contributed by atoms with Gasteiger partial charge in [-0.2, -0.15) is 0 Å². The third kappa shape index (κ3) is 45.8. The topological polar surface area (TPSA) is 78.9 Å². The number of hydrogen-bond donors (Lipinski definition) is 0. The highest BCUT2D eigenvalue weighted by Crippen LogP contribution is 2.14. The first-order valence-corrected chi connectivity index (χ1v) is 24.4. The van der Waals surface area contributed by atoms with E-state index in [2.05, 4.69) is 93.7 Å². The molecule has 0 fully saturated rings. The third-order valence-corrected chi connectivity index (χ3v) is 10.2. The zero-order chi connectivity index (χ0) is 43.0. The van der Waals surface area contributed by atoms with E-state index in [0.717, 1.165) is 83.5 Å². The van der Waals surface area contributed by atoms with Crippen molar-refractivity contribution in [2.24, 2.45) is 0 Å². The molecule has 0 amide bonds. The zero-order valence-corrected chi connectivity index (χ0v) is 38.5.